The molecule has 3 fully saturated rings. The third-order valence-corrected chi connectivity index (χ3v) is 4.81. The molecule has 5 atom stereocenters. The standard InChI is InChI=1S/C14H21NO5/c1-5-7-6-8-9(13(17)19-3)10(14(18)20-4)11(7)15(2)12(8)16/h7-11H,5-6H2,1-4H3/t7-,8-,9-,10+,11-/m1/s1. The van der Waals surface area contributed by atoms with Gasteiger partial charge in [-0.15, -0.1) is 0 Å². The Kier molecular flexibility index (Phi) is 4.01. The summed E-state index contributed by atoms with van der Waals surface area (Å²) >= 11 is 0. The summed E-state index contributed by atoms with van der Waals surface area (Å²) in [5.41, 5.74) is 0. The molecule has 0 radical (unpaired) electrons. The fourth-order valence-electron chi connectivity index (χ4n) is 3.87. The second-order valence-corrected chi connectivity index (χ2v) is 5.55. The fraction of sp³-hybridized carbons (Fsp3) is 0.786. The van der Waals surface area contributed by atoms with E-state index in [2.05, 4.69) is 0 Å². The first-order valence-electron chi connectivity index (χ1n) is 6.90. The van der Waals surface area contributed by atoms with Gasteiger partial charge in [0.2, 0.25) is 5.91 Å². The number of fused-ring (bicyclic) bond motifs is 3. The van der Waals surface area contributed by atoms with Crippen LogP contribution in [0.3, 0.4) is 0 Å². The van der Waals surface area contributed by atoms with Crippen LogP contribution in [-0.2, 0) is 23.9 Å². The summed E-state index contributed by atoms with van der Waals surface area (Å²) in [5.74, 6) is -2.61. The molecule has 2 saturated heterocycles. The highest BCUT2D eigenvalue weighted by Gasteiger charge is 2.60. The number of ether oxygens (including phenoxy) is 2. The van der Waals surface area contributed by atoms with Gasteiger partial charge in [-0.2, -0.15) is 0 Å². The minimum Gasteiger partial charge on any atom is -0.469 e. The Morgan fingerprint density at radius 1 is 1.20 bits per heavy atom. The van der Waals surface area contributed by atoms with Gasteiger partial charge in [0.25, 0.3) is 0 Å². The van der Waals surface area contributed by atoms with Gasteiger partial charge in [0.05, 0.1) is 32.0 Å². The third-order valence-electron chi connectivity index (χ3n) is 4.81. The van der Waals surface area contributed by atoms with Gasteiger partial charge in [0.1, 0.15) is 0 Å². The number of methoxy groups -OCH3 is 2. The monoisotopic (exact) mass is 283 g/mol. The van der Waals surface area contributed by atoms with Crippen molar-refractivity contribution >= 4 is 17.8 Å². The Morgan fingerprint density at radius 3 is 2.25 bits per heavy atom. The molecule has 0 aromatic rings. The molecule has 20 heavy (non-hydrogen) atoms. The maximum atomic E-state index is 12.3. The normalized spacial score (nSPS) is 35.9. The molecule has 0 N–H and O–H groups in total. The van der Waals surface area contributed by atoms with Crippen LogP contribution in [0.2, 0.25) is 0 Å². The highest BCUT2D eigenvalue weighted by molar-refractivity contribution is 5.93. The summed E-state index contributed by atoms with van der Waals surface area (Å²) in [4.78, 5) is 38.1. The maximum Gasteiger partial charge on any atom is 0.311 e. The lowest BCUT2D eigenvalue weighted by Crippen LogP contribution is -2.66. The Balaban J connectivity index is 2.45. The van der Waals surface area contributed by atoms with E-state index >= 15 is 0 Å². The molecular formula is C14H21NO5. The predicted octanol–water partition coefficient (Wildman–Crippen LogP) is 0.452. The van der Waals surface area contributed by atoms with Gasteiger partial charge in [-0.1, -0.05) is 13.3 Å². The predicted molar refractivity (Wildman–Crippen MR) is 69.5 cm³/mol. The maximum absolute atomic E-state index is 12.3. The number of nitrogens with zero attached hydrogens (tertiary/aromatic N) is 1. The zero-order valence-corrected chi connectivity index (χ0v) is 12.3. The number of esters is 2. The molecule has 0 aromatic carbocycles. The van der Waals surface area contributed by atoms with E-state index in [1.165, 1.54) is 14.2 Å². The van der Waals surface area contributed by atoms with E-state index in [1.807, 2.05) is 6.92 Å². The fourth-order valence-corrected chi connectivity index (χ4v) is 3.87. The molecule has 1 saturated carbocycles. The lowest BCUT2D eigenvalue weighted by Gasteiger charge is -2.53. The number of carbonyl (C=O) groups is 3. The van der Waals surface area contributed by atoms with Crippen LogP contribution in [0.15, 0.2) is 0 Å². The summed E-state index contributed by atoms with van der Waals surface area (Å²) in [6.07, 6.45) is 1.50. The highest BCUT2D eigenvalue weighted by Crippen LogP contribution is 2.48. The van der Waals surface area contributed by atoms with Crippen molar-refractivity contribution in [3.8, 4) is 0 Å². The van der Waals surface area contributed by atoms with Crippen molar-refractivity contribution in [3.05, 3.63) is 0 Å². The number of hydrogen-bond acceptors (Lipinski definition) is 5. The molecule has 0 aromatic heterocycles. The van der Waals surface area contributed by atoms with Crippen LogP contribution >= 0.6 is 0 Å². The van der Waals surface area contributed by atoms with Gasteiger partial charge in [0, 0.05) is 13.1 Å². The van der Waals surface area contributed by atoms with Crippen molar-refractivity contribution in [2.75, 3.05) is 21.3 Å². The van der Waals surface area contributed by atoms with Crippen LogP contribution in [-0.4, -0.2) is 50.1 Å². The molecule has 3 aliphatic rings. The van der Waals surface area contributed by atoms with Crippen molar-refractivity contribution in [2.45, 2.75) is 25.8 Å². The molecule has 2 bridgehead atoms. The summed E-state index contributed by atoms with van der Waals surface area (Å²) in [6.45, 7) is 2.03. The molecular weight excluding hydrogens is 262 g/mol. The van der Waals surface area contributed by atoms with Crippen molar-refractivity contribution in [3.63, 3.8) is 0 Å². The van der Waals surface area contributed by atoms with Crippen molar-refractivity contribution < 1.29 is 23.9 Å². The van der Waals surface area contributed by atoms with E-state index in [0.29, 0.717) is 6.42 Å². The first kappa shape index (κ1) is 14.8. The lowest BCUT2D eigenvalue weighted by molar-refractivity contribution is -0.185. The van der Waals surface area contributed by atoms with Crippen molar-refractivity contribution in [2.24, 2.45) is 23.7 Å². The average Bonchev–Trinajstić information content (AvgIpc) is 2.48. The van der Waals surface area contributed by atoms with Gasteiger partial charge in [-0.25, -0.2) is 0 Å². The number of piperidine rings is 2. The topological polar surface area (TPSA) is 72.9 Å². The second-order valence-electron chi connectivity index (χ2n) is 5.55. The lowest BCUT2D eigenvalue weighted by atomic mass is 9.60. The van der Waals surface area contributed by atoms with Crippen LogP contribution in [0, 0.1) is 23.7 Å². The molecule has 6 heteroatoms. The van der Waals surface area contributed by atoms with Crippen molar-refractivity contribution in [1.82, 2.24) is 4.90 Å². The van der Waals surface area contributed by atoms with E-state index in [1.54, 1.807) is 11.9 Å². The number of hydrogen-bond donors (Lipinski definition) is 0. The zero-order chi connectivity index (χ0) is 15.0. The second kappa shape index (κ2) is 5.42. The summed E-state index contributed by atoms with van der Waals surface area (Å²) in [7, 11) is 4.29. The molecule has 2 heterocycles. The molecule has 1 amide bonds. The Bertz CT molecular complexity index is 435. The smallest absolute Gasteiger partial charge is 0.311 e. The molecule has 0 spiro atoms. The van der Waals surface area contributed by atoms with Crippen LogP contribution < -0.4 is 0 Å². The highest BCUT2D eigenvalue weighted by atomic mass is 16.5. The van der Waals surface area contributed by atoms with E-state index < -0.39 is 29.7 Å². The van der Waals surface area contributed by atoms with Crippen LogP contribution in [0.1, 0.15) is 19.8 Å². The van der Waals surface area contributed by atoms with Crippen LogP contribution in [0.4, 0.5) is 0 Å². The van der Waals surface area contributed by atoms with E-state index in [-0.39, 0.29) is 17.9 Å². The minimum absolute atomic E-state index is 0.0738. The Labute approximate surface area is 118 Å². The average molecular weight is 283 g/mol. The Hall–Kier alpha value is -1.59. The summed E-state index contributed by atoms with van der Waals surface area (Å²) in [6, 6.07) is -0.283. The molecule has 112 valence electrons. The summed E-state index contributed by atoms with van der Waals surface area (Å²) < 4.78 is 9.66. The molecule has 3 rings (SSSR count). The largest absolute Gasteiger partial charge is 0.469 e. The number of rotatable bonds is 3. The molecule has 2 aliphatic heterocycles. The van der Waals surface area contributed by atoms with Gasteiger partial charge < -0.3 is 14.4 Å². The number of carbonyl (C=O) groups excluding carboxylic acids is 3. The van der Waals surface area contributed by atoms with Gasteiger partial charge in [-0.05, 0) is 12.3 Å². The van der Waals surface area contributed by atoms with E-state index in [9.17, 15) is 14.4 Å². The van der Waals surface area contributed by atoms with Gasteiger partial charge in [-0.3, -0.25) is 14.4 Å². The van der Waals surface area contributed by atoms with Crippen LogP contribution in [0.25, 0.3) is 0 Å². The zero-order valence-electron chi connectivity index (χ0n) is 12.3. The SMILES string of the molecule is CC[C@@H]1C[C@H]2C(=O)N(C)[C@H]1[C@@H](C(=O)OC)[C@@H]2C(=O)OC. The third kappa shape index (κ3) is 1.98. The first-order chi connectivity index (χ1) is 9.47. The minimum atomic E-state index is -0.719. The van der Waals surface area contributed by atoms with Gasteiger partial charge in [0.15, 0.2) is 0 Å². The number of amides is 1. The molecule has 6 nitrogen and oxygen atoms in total. The van der Waals surface area contributed by atoms with Crippen LogP contribution in [0.5, 0.6) is 0 Å². The van der Waals surface area contributed by atoms with E-state index in [4.69, 9.17) is 9.47 Å². The quantitative estimate of drug-likeness (QED) is 0.703. The molecule has 0 unspecified atom stereocenters. The molecule has 1 aliphatic carbocycles. The Morgan fingerprint density at radius 2 is 1.75 bits per heavy atom. The van der Waals surface area contributed by atoms with E-state index in [0.717, 1.165) is 6.42 Å². The van der Waals surface area contributed by atoms with Crippen molar-refractivity contribution in [1.29, 1.82) is 0 Å². The van der Waals surface area contributed by atoms with Gasteiger partial charge >= 0.3 is 11.9 Å². The summed E-state index contributed by atoms with van der Waals surface area (Å²) in [5, 5.41) is 0. The first-order valence-corrected chi connectivity index (χ1v) is 6.90.